The van der Waals surface area contributed by atoms with Crippen molar-refractivity contribution in [2.24, 2.45) is 0 Å². The van der Waals surface area contributed by atoms with E-state index in [0.29, 0.717) is 0 Å². The molecular formula is C13H12BrN. The van der Waals surface area contributed by atoms with E-state index in [-0.39, 0.29) is 0 Å². The molecular weight excluding hydrogens is 250 g/mol. The lowest BCUT2D eigenvalue weighted by molar-refractivity contribution is 1.30. The highest BCUT2D eigenvalue weighted by atomic mass is 79.9. The van der Waals surface area contributed by atoms with E-state index < -0.39 is 0 Å². The number of benzene rings is 1. The molecule has 1 aromatic heterocycles. The Labute approximate surface area is 98.3 Å². The van der Waals surface area contributed by atoms with Gasteiger partial charge in [-0.3, -0.25) is 4.98 Å². The third kappa shape index (κ3) is 2.10. The van der Waals surface area contributed by atoms with Crippen molar-refractivity contribution in [1.82, 2.24) is 4.98 Å². The Bertz CT molecular complexity index is 477. The first kappa shape index (κ1) is 10.4. The first-order valence-electron chi connectivity index (χ1n) is 4.85. The number of pyridine rings is 1. The molecule has 2 heteroatoms. The largest absolute Gasteiger partial charge is 0.264 e. The van der Waals surface area contributed by atoms with Crippen LogP contribution in [0.25, 0.3) is 11.1 Å². The SMILES string of the molecule is Cc1cc(Br)c(-c2cccnc2)cc1C. The van der Waals surface area contributed by atoms with Gasteiger partial charge >= 0.3 is 0 Å². The maximum absolute atomic E-state index is 4.13. The number of nitrogens with zero attached hydrogens (tertiary/aromatic N) is 1. The Balaban J connectivity index is 2.59. The third-order valence-electron chi connectivity index (χ3n) is 2.56. The molecule has 0 N–H and O–H groups in total. The van der Waals surface area contributed by atoms with Gasteiger partial charge < -0.3 is 0 Å². The lowest BCUT2D eigenvalue weighted by atomic mass is 10.0. The first-order chi connectivity index (χ1) is 7.18. The molecule has 0 amide bonds. The zero-order valence-electron chi connectivity index (χ0n) is 8.79. The third-order valence-corrected chi connectivity index (χ3v) is 3.21. The highest BCUT2D eigenvalue weighted by molar-refractivity contribution is 9.10. The normalized spacial score (nSPS) is 10.3. The van der Waals surface area contributed by atoms with Gasteiger partial charge in [0.1, 0.15) is 0 Å². The van der Waals surface area contributed by atoms with Gasteiger partial charge in [0, 0.05) is 22.4 Å². The molecule has 0 unspecified atom stereocenters. The van der Waals surface area contributed by atoms with Crippen LogP contribution in [0.4, 0.5) is 0 Å². The summed E-state index contributed by atoms with van der Waals surface area (Å²) in [5.41, 5.74) is 4.95. The Kier molecular flexibility index (Phi) is 2.87. The summed E-state index contributed by atoms with van der Waals surface area (Å²) in [6.45, 7) is 4.24. The summed E-state index contributed by atoms with van der Waals surface area (Å²) < 4.78 is 1.12. The summed E-state index contributed by atoms with van der Waals surface area (Å²) in [6.07, 6.45) is 3.67. The summed E-state index contributed by atoms with van der Waals surface area (Å²) in [4.78, 5) is 4.13. The fraction of sp³-hybridized carbons (Fsp3) is 0.154. The Hall–Kier alpha value is -1.15. The predicted molar refractivity (Wildman–Crippen MR) is 66.8 cm³/mol. The number of aromatic nitrogens is 1. The molecule has 2 aromatic rings. The predicted octanol–water partition coefficient (Wildman–Crippen LogP) is 4.13. The van der Waals surface area contributed by atoms with Crippen molar-refractivity contribution in [2.75, 3.05) is 0 Å². The molecule has 0 aliphatic rings. The number of hydrogen-bond donors (Lipinski definition) is 0. The highest BCUT2D eigenvalue weighted by Gasteiger charge is 2.05. The maximum Gasteiger partial charge on any atom is 0.0346 e. The quantitative estimate of drug-likeness (QED) is 0.753. The molecule has 0 saturated heterocycles. The van der Waals surface area contributed by atoms with Gasteiger partial charge in [-0.2, -0.15) is 0 Å². The van der Waals surface area contributed by atoms with Gasteiger partial charge in [-0.1, -0.05) is 22.0 Å². The molecule has 0 radical (unpaired) electrons. The number of halogens is 1. The second-order valence-electron chi connectivity index (χ2n) is 3.66. The molecule has 15 heavy (non-hydrogen) atoms. The second-order valence-corrected chi connectivity index (χ2v) is 4.51. The van der Waals surface area contributed by atoms with Crippen molar-refractivity contribution in [2.45, 2.75) is 13.8 Å². The van der Waals surface area contributed by atoms with Crippen molar-refractivity contribution in [1.29, 1.82) is 0 Å². The topological polar surface area (TPSA) is 12.9 Å². The standard InChI is InChI=1S/C13H12BrN/c1-9-6-12(13(14)7-10(9)2)11-4-3-5-15-8-11/h3-8H,1-2H3. The number of rotatable bonds is 1. The summed E-state index contributed by atoms with van der Waals surface area (Å²) >= 11 is 3.59. The summed E-state index contributed by atoms with van der Waals surface area (Å²) in [5, 5.41) is 0. The fourth-order valence-corrected chi connectivity index (χ4v) is 2.21. The zero-order valence-corrected chi connectivity index (χ0v) is 10.4. The molecule has 2 rings (SSSR count). The second kappa shape index (κ2) is 4.15. The minimum Gasteiger partial charge on any atom is -0.264 e. The molecule has 0 spiro atoms. The van der Waals surface area contributed by atoms with Crippen molar-refractivity contribution >= 4 is 15.9 Å². The van der Waals surface area contributed by atoms with Crippen molar-refractivity contribution < 1.29 is 0 Å². The molecule has 1 heterocycles. The molecule has 0 aliphatic carbocycles. The van der Waals surface area contributed by atoms with Crippen LogP contribution in [0, 0.1) is 13.8 Å². The maximum atomic E-state index is 4.13. The number of hydrogen-bond acceptors (Lipinski definition) is 1. The molecule has 0 fully saturated rings. The van der Waals surface area contributed by atoms with E-state index in [4.69, 9.17) is 0 Å². The van der Waals surface area contributed by atoms with Crippen molar-refractivity contribution in [3.8, 4) is 11.1 Å². The van der Waals surface area contributed by atoms with E-state index in [1.807, 2.05) is 12.3 Å². The Morgan fingerprint density at radius 2 is 1.87 bits per heavy atom. The molecule has 0 saturated carbocycles. The fourth-order valence-electron chi connectivity index (χ4n) is 1.52. The van der Waals surface area contributed by atoms with E-state index in [1.165, 1.54) is 16.7 Å². The summed E-state index contributed by atoms with van der Waals surface area (Å²) in [7, 11) is 0. The van der Waals surface area contributed by atoms with Crippen molar-refractivity contribution in [3.05, 3.63) is 52.3 Å². The minimum absolute atomic E-state index is 1.12. The molecule has 1 aromatic carbocycles. The zero-order chi connectivity index (χ0) is 10.8. The molecule has 0 bridgehead atoms. The van der Waals surface area contributed by atoms with E-state index in [1.54, 1.807) is 6.20 Å². The van der Waals surface area contributed by atoms with Crippen LogP contribution in [0.1, 0.15) is 11.1 Å². The molecule has 0 atom stereocenters. The van der Waals surface area contributed by atoms with Crippen LogP contribution in [0.2, 0.25) is 0 Å². The van der Waals surface area contributed by atoms with Crippen LogP contribution < -0.4 is 0 Å². The monoisotopic (exact) mass is 261 g/mol. The number of aryl methyl sites for hydroxylation is 2. The lowest BCUT2D eigenvalue weighted by Crippen LogP contribution is -1.86. The summed E-state index contributed by atoms with van der Waals surface area (Å²) in [5.74, 6) is 0. The van der Waals surface area contributed by atoms with Gasteiger partial charge in [-0.05, 0) is 48.7 Å². The van der Waals surface area contributed by atoms with Gasteiger partial charge in [-0.15, -0.1) is 0 Å². The molecule has 0 aliphatic heterocycles. The van der Waals surface area contributed by atoms with Crippen LogP contribution in [0.15, 0.2) is 41.1 Å². The smallest absolute Gasteiger partial charge is 0.0346 e. The average molecular weight is 262 g/mol. The summed E-state index contributed by atoms with van der Waals surface area (Å²) in [6, 6.07) is 8.37. The van der Waals surface area contributed by atoms with E-state index in [0.717, 1.165) is 10.0 Å². The van der Waals surface area contributed by atoms with Gasteiger partial charge in [0.05, 0.1) is 0 Å². The van der Waals surface area contributed by atoms with Crippen LogP contribution >= 0.6 is 15.9 Å². The molecule has 1 nitrogen and oxygen atoms in total. The average Bonchev–Trinajstić information content (AvgIpc) is 2.25. The lowest BCUT2D eigenvalue weighted by Gasteiger charge is -2.08. The van der Waals surface area contributed by atoms with E-state index in [9.17, 15) is 0 Å². The van der Waals surface area contributed by atoms with E-state index >= 15 is 0 Å². The minimum atomic E-state index is 1.12. The highest BCUT2D eigenvalue weighted by Crippen LogP contribution is 2.30. The molecule has 76 valence electrons. The van der Waals surface area contributed by atoms with Gasteiger partial charge in [0.2, 0.25) is 0 Å². The van der Waals surface area contributed by atoms with Gasteiger partial charge in [-0.25, -0.2) is 0 Å². The van der Waals surface area contributed by atoms with Crippen LogP contribution in [-0.2, 0) is 0 Å². The van der Waals surface area contributed by atoms with Crippen LogP contribution in [-0.4, -0.2) is 4.98 Å². The van der Waals surface area contributed by atoms with Gasteiger partial charge in [0.15, 0.2) is 0 Å². The van der Waals surface area contributed by atoms with Gasteiger partial charge in [0.25, 0.3) is 0 Å². The first-order valence-corrected chi connectivity index (χ1v) is 5.65. The van der Waals surface area contributed by atoms with Crippen LogP contribution in [0.5, 0.6) is 0 Å². The van der Waals surface area contributed by atoms with Crippen molar-refractivity contribution in [3.63, 3.8) is 0 Å². The van der Waals surface area contributed by atoms with E-state index in [2.05, 4.69) is 53.0 Å². The Morgan fingerprint density at radius 1 is 1.13 bits per heavy atom. The Morgan fingerprint density at radius 3 is 2.53 bits per heavy atom. The van der Waals surface area contributed by atoms with Crippen LogP contribution in [0.3, 0.4) is 0 Å².